The lowest BCUT2D eigenvalue weighted by atomic mass is 9.85. The highest BCUT2D eigenvalue weighted by molar-refractivity contribution is 7.13. The van der Waals surface area contributed by atoms with Crippen LogP contribution in [-0.2, 0) is 25.7 Å². The molecule has 6 aromatic rings. The number of piperazine rings is 1. The Kier molecular flexibility index (Phi) is 17.7. The van der Waals surface area contributed by atoms with Gasteiger partial charge in [-0.2, -0.15) is 5.26 Å². The van der Waals surface area contributed by atoms with Crippen LogP contribution < -0.4 is 25.6 Å². The van der Waals surface area contributed by atoms with Crippen molar-refractivity contribution < 1.29 is 38.2 Å². The summed E-state index contributed by atoms with van der Waals surface area (Å²) in [5, 5.41) is 29.3. The average Bonchev–Trinajstić information content (AvgIpc) is 4.06. The van der Waals surface area contributed by atoms with Gasteiger partial charge in [-0.1, -0.05) is 63.6 Å². The molecule has 0 bridgehead atoms. The third-order valence-corrected chi connectivity index (χ3v) is 14.8. The van der Waals surface area contributed by atoms with Gasteiger partial charge in [0.05, 0.1) is 57.9 Å². The van der Waals surface area contributed by atoms with E-state index in [1.54, 1.807) is 58.4 Å². The van der Waals surface area contributed by atoms with E-state index in [0.29, 0.717) is 73.5 Å². The minimum absolute atomic E-state index is 0.0118. The van der Waals surface area contributed by atoms with Gasteiger partial charge < -0.3 is 40.5 Å². The molecule has 0 saturated carbocycles. The number of thiazole rings is 1. The second kappa shape index (κ2) is 24.7. The van der Waals surface area contributed by atoms with Gasteiger partial charge in [0, 0.05) is 82.7 Å². The molecular weight excluding hydrogens is 1000 g/mol. The molecule has 3 aromatic carbocycles. The summed E-state index contributed by atoms with van der Waals surface area (Å²) in [6.45, 7) is 9.35. The number of nitrogens with zero attached hydrogens (tertiary/aromatic N) is 8. The molecule has 5 amide bonds. The zero-order chi connectivity index (χ0) is 54.8. The number of amides is 5. The fourth-order valence-corrected chi connectivity index (χ4v) is 10.4. The van der Waals surface area contributed by atoms with Crippen molar-refractivity contribution in [3.63, 3.8) is 0 Å². The van der Waals surface area contributed by atoms with Crippen LogP contribution in [-0.4, -0.2) is 122 Å². The number of hydrogen-bond acceptors (Lipinski definition) is 14. The number of halogens is 1. The fraction of sp³-hybridized carbons (Fsp3) is 0.368. The van der Waals surface area contributed by atoms with Crippen LogP contribution in [0.3, 0.4) is 0 Å². The number of methoxy groups -OCH3 is 1. The molecule has 0 spiro atoms. The van der Waals surface area contributed by atoms with Crippen LogP contribution in [0.15, 0.2) is 96.9 Å². The minimum Gasteiger partial charge on any atom is -0.496 e. The van der Waals surface area contributed by atoms with E-state index >= 15 is 0 Å². The summed E-state index contributed by atoms with van der Waals surface area (Å²) in [5.41, 5.74) is 6.79. The van der Waals surface area contributed by atoms with Gasteiger partial charge >= 0.3 is 0 Å². The van der Waals surface area contributed by atoms with Crippen molar-refractivity contribution in [3.05, 3.63) is 125 Å². The largest absolute Gasteiger partial charge is 0.496 e. The zero-order valence-corrected chi connectivity index (χ0v) is 44.5. The molecule has 0 aliphatic carbocycles. The molecular formula is C57H62FN11O7S. The highest BCUT2D eigenvalue weighted by Crippen LogP contribution is 2.35. The second-order valence-corrected chi connectivity index (χ2v) is 21.0. The number of rotatable bonds is 18. The first-order chi connectivity index (χ1) is 37.0. The van der Waals surface area contributed by atoms with Crippen LogP contribution in [0.4, 0.5) is 15.8 Å². The maximum Gasteiger partial charge on any atom is 0.274 e. The van der Waals surface area contributed by atoms with E-state index in [1.807, 2.05) is 58.0 Å². The maximum absolute atomic E-state index is 15.0. The van der Waals surface area contributed by atoms with Gasteiger partial charge in [0.15, 0.2) is 5.82 Å². The summed E-state index contributed by atoms with van der Waals surface area (Å²) in [6, 6.07) is 21.0. The lowest BCUT2D eigenvalue weighted by Gasteiger charge is -2.37. The van der Waals surface area contributed by atoms with Crippen molar-refractivity contribution in [3.8, 4) is 44.8 Å². The first-order valence-corrected chi connectivity index (χ1v) is 26.4. The number of aromatic nitrogens is 4. The molecule has 20 heteroatoms. The first kappa shape index (κ1) is 55.1. The molecule has 2 aliphatic heterocycles. The predicted octanol–water partition coefficient (Wildman–Crippen LogP) is 7.32. The Balaban J connectivity index is 0.829. The molecule has 2 fully saturated rings. The maximum atomic E-state index is 15.0. The molecule has 3 atom stereocenters. The molecule has 5 heterocycles. The lowest BCUT2D eigenvalue weighted by molar-refractivity contribution is -0.144. The Labute approximate surface area is 450 Å². The number of nitrogens with one attached hydrogen (secondary N) is 3. The van der Waals surface area contributed by atoms with Gasteiger partial charge in [0.25, 0.3) is 5.91 Å². The van der Waals surface area contributed by atoms with Crippen LogP contribution in [0.2, 0.25) is 0 Å². The van der Waals surface area contributed by atoms with E-state index < -0.39 is 41.2 Å². The molecule has 0 radical (unpaired) electrons. The number of β-amino-alcohol motifs (C(OH)–C–C–N with tert-alkyl or cyclic N) is 1. The van der Waals surface area contributed by atoms with Crippen molar-refractivity contribution in [2.45, 2.75) is 91.0 Å². The number of aliphatic hydroxyl groups excluding tert-OH is 1. The molecule has 400 valence electrons. The van der Waals surface area contributed by atoms with Crippen molar-refractivity contribution in [1.82, 2.24) is 40.4 Å². The van der Waals surface area contributed by atoms with Gasteiger partial charge in [-0.15, -0.1) is 11.3 Å². The van der Waals surface area contributed by atoms with Crippen molar-refractivity contribution in [2.75, 3.05) is 50.1 Å². The van der Waals surface area contributed by atoms with E-state index in [2.05, 4.69) is 46.9 Å². The third kappa shape index (κ3) is 13.3. The van der Waals surface area contributed by atoms with E-state index in [0.717, 1.165) is 21.7 Å². The molecule has 18 nitrogen and oxygen atoms in total. The van der Waals surface area contributed by atoms with Gasteiger partial charge in [0.2, 0.25) is 23.6 Å². The smallest absolute Gasteiger partial charge is 0.274 e. The number of hydrogen-bond donors (Lipinski definition) is 4. The number of carbonyl (C=O) groups excluding carboxylic acids is 5. The summed E-state index contributed by atoms with van der Waals surface area (Å²) in [7, 11) is 1.40. The zero-order valence-electron chi connectivity index (χ0n) is 43.7. The fourth-order valence-electron chi connectivity index (χ4n) is 9.58. The van der Waals surface area contributed by atoms with Crippen molar-refractivity contribution in [2.24, 2.45) is 5.41 Å². The Hall–Kier alpha value is -8.15. The number of nitriles is 1. The van der Waals surface area contributed by atoms with Crippen molar-refractivity contribution >= 4 is 52.2 Å². The Morgan fingerprint density at radius 2 is 1.69 bits per heavy atom. The molecule has 8 rings (SSSR count). The molecule has 77 heavy (non-hydrogen) atoms. The summed E-state index contributed by atoms with van der Waals surface area (Å²) in [6.07, 6.45) is 5.74. The Bertz CT molecular complexity index is 3170. The van der Waals surface area contributed by atoms with E-state index in [4.69, 9.17) is 4.74 Å². The van der Waals surface area contributed by atoms with Crippen LogP contribution in [0.1, 0.15) is 86.6 Å². The monoisotopic (exact) mass is 1060 g/mol. The van der Waals surface area contributed by atoms with Gasteiger partial charge in [-0.05, 0) is 78.3 Å². The average molecular weight is 1060 g/mol. The van der Waals surface area contributed by atoms with Gasteiger partial charge in [0.1, 0.15) is 29.3 Å². The second-order valence-electron chi connectivity index (χ2n) is 20.2. The topological polar surface area (TPSA) is 236 Å². The van der Waals surface area contributed by atoms with Crippen molar-refractivity contribution in [1.29, 1.82) is 5.26 Å². The summed E-state index contributed by atoms with van der Waals surface area (Å²) in [4.78, 5) is 91.9. The van der Waals surface area contributed by atoms with E-state index in [-0.39, 0.29) is 72.9 Å². The number of carbonyl (C=O) groups is 5. The summed E-state index contributed by atoms with van der Waals surface area (Å²) < 4.78 is 20.3. The summed E-state index contributed by atoms with van der Waals surface area (Å²) >= 11 is 1.56. The number of likely N-dealkylation sites (tertiary alicyclic amines) is 1. The molecule has 4 N–H and O–H groups in total. The molecule has 2 saturated heterocycles. The summed E-state index contributed by atoms with van der Waals surface area (Å²) in [5.74, 6) is -2.16. The van der Waals surface area contributed by atoms with Gasteiger partial charge in [-0.25, -0.2) is 19.3 Å². The van der Waals surface area contributed by atoms with Crippen LogP contribution in [0.5, 0.6) is 5.75 Å². The van der Waals surface area contributed by atoms with Gasteiger partial charge in [-0.3, -0.25) is 29.0 Å². The number of anilines is 2. The highest BCUT2D eigenvalue weighted by Gasteiger charge is 2.44. The number of benzene rings is 3. The first-order valence-electron chi connectivity index (χ1n) is 25.6. The number of aryl methyl sites for hydroxylation is 1. The van der Waals surface area contributed by atoms with Crippen LogP contribution in [0, 0.1) is 29.5 Å². The third-order valence-electron chi connectivity index (χ3n) is 13.8. The van der Waals surface area contributed by atoms with E-state index in [1.165, 1.54) is 36.4 Å². The number of pyridine rings is 1. The lowest BCUT2D eigenvalue weighted by Crippen LogP contribution is -2.57. The SMILES string of the molecule is COc1cccc(F)c1-c1nccc(C(=O)Nc2ccc(-c3cnccc3C#N)cc2N2CCN(C(=O)CCCCCC(=O)N[C@H](C(=O)N3C[C@H](O)C[C@H]3C(=O)NCc3ccc(-c4scnc4C)cc3)C(C)(C)C)CC2)n1. The number of unbranched alkanes of at least 4 members (excludes halogenated alkanes) is 2. The highest BCUT2D eigenvalue weighted by atomic mass is 32.1. The molecule has 3 aromatic heterocycles. The van der Waals surface area contributed by atoms with E-state index in [9.17, 15) is 38.7 Å². The van der Waals surface area contributed by atoms with Crippen LogP contribution >= 0.6 is 11.3 Å². The molecule has 0 unspecified atom stereocenters. The number of ether oxygens (including phenoxy) is 1. The quantitative estimate of drug-likeness (QED) is 0.0619. The standard InChI is InChI=1S/C57H62FN11O7S/c1-35-51(77-34-63-35)37-16-14-36(15-17-37)31-62-55(74)46-29-40(70)33-69(46)56(75)52(57(2,3)4)66-48(71)12-7-6-8-13-49(72)68-26-24-67(25-27-68)45-28-38(41-32-60-22-20-39(41)30-59)18-19-43(45)65-54(73)44-21-23-61-53(64-44)50-42(58)10-9-11-47(50)76-5/h9-11,14-23,28,32,34,40,46,52,70H,6-8,12-13,24-27,29,31,33H2,1-5H3,(H,62,74)(H,65,73)(H,66,71)/t40-,46+,52-/m1/s1. The Morgan fingerprint density at radius 3 is 2.40 bits per heavy atom. The van der Waals surface area contributed by atoms with Crippen LogP contribution in [0.25, 0.3) is 33.0 Å². The predicted molar refractivity (Wildman–Crippen MR) is 290 cm³/mol. The Morgan fingerprint density at radius 1 is 0.935 bits per heavy atom. The molecule has 2 aliphatic rings. The number of aliphatic hydroxyl groups is 1. The normalized spacial score (nSPS) is 15.8. The minimum atomic E-state index is -0.956.